The molecule has 1 heterocycles. The fourth-order valence-electron chi connectivity index (χ4n) is 1.52. The third kappa shape index (κ3) is 2.34. The van der Waals surface area contributed by atoms with Crippen molar-refractivity contribution in [2.75, 3.05) is 5.32 Å². The Balaban J connectivity index is 2.21. The molecular formula is C11H10N4O3. The fourth-order valence-corrected chi connectivity index (χ4v) is 1.52. The number of hydrogen-bond acceptors (Lipinski definition) is 4. The molecule has 7 nitrogen and oxygen atoms in total. The zero-order valence-corrected chi connectivity index (χ0v) is 9.51. The number of carbonyl (C=O) groups excluding carboxylic acids is 1. The van der Waals surface area contributed by atoms with Crippen molar-refractivity contribution in [1.29, 1.82) is 0 Å². The van der Waals surface area contributed by atoms with Gasteiger partial charge in [-0.3, -0.25) is 20.0 Å². The first-order chi connectivity index (χ1) is 8.58. The van der Waals surface area contributed by atoms with E-state index in [9.17, 15) is 14.9 Å². The standard InChI is InChI=1S/C11H10N4O3/c1-7-6-8(2-3-9(7)15(17)18)11(16)13-10-4-5-12-14-10/h2-6H,1H3,(H2,12,13,14,16). The molecule has 0 saturated heterocycles. The van der Waals surface area contributed by atoms with Gasteiger partial charge in [0.05, 0.1) is 11.1 Å². The molecule has 1 aromatic carbocycles. The average Bonchev–Trinajstić information content (AvgIpc) is 2.81. The first-order valence-electron chi connectivity index (χ1n) is 5.13. The smallest absolute Gasteiger partial charge is 0.272 e. The fraction of sp³-hybridized carbons (Fsp3) is 0.0909. The minimum absolute atomic E-state index is 0.00640. The van der Waals surface area contributed by atoms with Crippen LogP contribution in [0.15, 0.2) is 30.5 Å². The van der Waals surface area contributed by atoms with Gasteiger partial charge in [0.15, 0.2) is 0 Å². The lowest BCUT2D eigenvalue weighted by atomic mass is 10.1. The Hall–Kier alpha value is -2.70. The van der Waals surface area contributed by atoms with E-state index in [0.717, 1.165) is 0 Å². The van der Waals surface area contributed by atoms with E-state index in [1.54, 1.807) is 13.0 Å². The topological polar surface area (TPSA) is 101 Å². The van der Waals surface area contributed by atoms with Gasteiger partial charge in [-0.25, -0.2) is 0 Å². The minimum Gasteiger partial charge on any atom is -0.307 e. The number of aromatic amines is 1. The number of anilines is 1. The highest BCUT2D eigenvalue weighted by molar-refractivity contribution is 6.04. The summed E-state index contributed by atoms with van der Waals surface area (Å²) in [5, 5.41) is 19.5. The number of hydrogen-bond donors (Lipinski definition) is 2. The van der Waals surface area contributed by atoms with Gasteiger partial charge in [0.1, 0.15) is 5.82 Å². The molecule has 2 aromatic rings. The molecule has 0 bridgehead atoms. The molecule has 0 aliphatic carbocycles. The van der Waals surface area contributed by atoms with E-state index in [4.69, 9.17) is 0 Å². The third-order valence-corrected chi connectivity index (χ3v) is 2.40. The van der Waals surface area contributed by atoms with Crippen molar-refractivity contribution < 1.29 is 9.72 Å². The van der Waals surface area contributed by atoms with Gasteiger partial charge in [-0.05, 0) is 19.1 Å². The maximum absolute atomic E-state index is 11.8. The van der Waals surface area contributed by atoms with Gasteiger partial charge in [0, 0.05) is 23.3 Å². The van der Waals surface area contributed by atoms with E-state index in [-0.39, 0.29) is 11.6 Å². The van der Waals surface area contributed by atoms with Gasteiger partial charge < -0.3 is 5.32 Å². The number of benzene rings is 1. The second-order valence-corrected chi connectivity index (χ2v) is 3.68. The lowest BCUT2D eigenvalue weighted by Gasteiger charge is -2.03. The average molecular weight is 246 g/mol. The van der Waals surface area contributed by atoms with Gasteiger partial charge in [0.2, 0.25) is 0 Å². The van der Waals surface area contributed by atoms with Gasteiger partial charge >= 0.3 is 0 Å². The number of rotatable bonds is 3. The number of amides is 1. The third-order valence-electron chi connectivity index (χ3n) is 2.40. The van der Waals surface area contributed by atoms with E-state index in [2.05, 4.69) is 15.5 Å². The van der Waals surface area contributed by atoms with Crippen molar-refractivity contribution in [2.24, 2.45) is 0 Å². The second-order valence-electron chi connectivity index (χ2n) is 3.68. The summed E-state index contributed by atoms with van der Waals surface area (Å²) >= 11 is 0. The molecule has 0 unspecified atom stereocenters. The predicted molar refractivity (Wildman–Crippen MR) is 64.4 cm³/mol. The molecule has 0 aliphatic rings. The van der Waals surface area contributed by atoms with Crippen LogP contribution in [0.1, 0.15) is 15.9 Å². The highest BCUT2D eigenvalue weighted by Gasteiger charge is 2.13. The van der Waals surface area contributed by atoms with E-state index >= 15 is 0 Å². The van der Waals surface area contributed by atoms with Gasteiger partial charge in [0.25, 0.3) is 11.6 Å². The van der Waals surface area contributed by atoms with E-state index in [1.807, 2.05) is 0 Å². The second kappa shape index (κ2) is 4.66. The van der Waals surface area contributed by atoms with Crippen molar-refractivity contribution in [3.63, 3.8) is 0 Å². The van der Waals surface area contributed by atoms with Crippen molar-refractivity contribution in [3.8, 4) is 0 Å². The molecule has 1 aromatic heterocycles. The van der Waals surface area contributed by atoms with Crippen LogP contribution in [0.25, 0.3) is 0 Å². The van der Waals surface area contributed by atoms with E-state index < -0.39 is 4.92 Å². The van der Waals surface area contributed by atoms with Gasteiger partial charge in [-0.15, -0.1) is 0 Å². The zero-order valence-electron chi connectivity index (χ0n) is 9.51. The summed E-state index contributed by atoms with van der Waals surface area (Å²) in [7, 11) is 0. The Morgan fingerprint density at radius 2 is 2.22 bits per heavy atom. The molecule has 2 rings (SSSR count). The maximum Gasteiger partial charge on any atom is 0.272 e. The summed E-state index contributed by atoms with van der Waals surface area (Å²) < 4.78 is 0. The lowest BCUT2D eigenvalue weighted by molar-refractivity contribution is -0.385. The van der Waals surface area contributed by atoms with Crippen LogP contribution in [0.5, 0.6) is 0 Å². The molecule has 18 heavy (non-hydrogen) atoms. The molecule has 1 amide bonds. The Morgan fingerprint density at radius 1 is 1.44 bits per heavy atom. The van der Waals surface area contributed by atoms with Crippen molar-refractivity contribution in [1.82, 2.24) is 10.2 Å². The molecule has 0 radical (unpaired) electrons. The van der Waals surface area contributed by atoms with Crippen LogP contribution in [-0.2, 0) is 0 Å². The molecule has 0 aliphatic heterocycles. The summed E-state index contributed by atoms with van der Waals surface area (Å²) in [4.78, 5) is 22.0. The molecule has 0 spiro atoms. The van der Waals surface area contributed by atoms with Crippen molar-refractivity contribution >= 4 is 17.4 Å². The van der Waals surface area contributed by atoms with Crippen molar-refractivity contribution in [3.05, 3.63) is 51.7 Å². The Labute approximate surface area is 102 Å². The molecular weight excluding hydrogens is 236 g/mol. The van der Waals surface area contributed by atoms with Crippen LogP contribution in [0.4, 0.5) is 11.5 Å². The van der Waals surface area contributed by atoms with E-state index in [0.29, 0.717) is 16.9 Å². The number of nitro groups is 1. The molecule has 0 saturated carbocycles. The van der Waals surface area contributed by atoms with Crippen LogP contribution in [-0.4, -0.2) is 21.0 Å². The molecule has 0 fully saturated rings. The summed E-state index contributed by atoms with van der Waals surface area (Å²) in [5.41, 5.74) is 0.790. The monoisotopic (exact) mass is 246 g/mol. The van der Waals surface area contributed by atoms with Crippen molar-refractivity contribution in [2.45, 2.75) is 6.92 Å². The lowest BCUT2D eigenvalue weighted by Crippen LogP contribution is -2.12. The highest BCUT2D eigenvalue weighted by atomic mass is 16.6. The van der Waals surface area contributed by atoms with Crippen LogP contribution in [0, 0.1) is 17.0 Å². The normalized spacial score (nSPS) is 10.1. The van der Waals surface area contributed by atoms with Gasteiger partial charge in [-0.1, -0.05) is 0 Å². The Bertz CT molecular complexity index is 592. The van der Waals surface area contributed by atoms with Gasteiger partial charge in [-0.2, -0.15) is 5.10 Å². The number of H-pyrrole nitrogens is 1. The van der Waals surface area contributed by atoms with Crippen LogP contribution >= 0.6 is 0 Å². The highest BCUT2D eigenvalue weighted by Crippen LogP contribution is 2.19. The number of nitro benzene ring substituents is 1. The Morgan fingerprint density at radius 3 is 2.78 bits per heavy atom. The summed E-state index contributed by atoms with van der Waals surface area (Å²) in [6, 6.07) is 5.81. The minimum atomic E-state index is -0.480. The van der Waals surface area contributed by atoms with Crippen LogP contribution in [0.2, 0.25) is 0 Å². The maximum atomic E-state index is 11.8. The van der Waals surface area contributed by atoms with Crippen LogP contribution < -0.4 is 5.32 Å². The number of nitrogens with one attached hydrogen (secondary N) is 2. The first kappa shape index (κ1) is 11.8. The predicted octanol–water partition coefficient (Wildman–Crippen LogP) is 1.88. The number of nitrogens with zero attached hydrogens (tertiary/aromatic N) is 2. The zero-order chi connectivity index (χ0) is 13.1. The molecule has 0 atom stereocenters. The molecule has 7 heteroatoms. The molecule has 2 N–H and O–H groups in total. The summed E-state index contributed by atoms with van der Waals surface area (Å²) in [6.45, 7) is 1.59. The SMILES string of the molecule is Cc1cc(C(=O)Nc2ccn[nH]2)ccc1[N+](=O)[O-]. The Kier molecular flexibility index (Phi) is 3.05. The summed E-state index contributed by atoms with van der Waals surface area (Å²) in [6.07, 6.45) is 1.51. The molecule has 92 valence electrons. The summed E-state index contributed by atoms with van der Waals surface area (Å²) in [5.74, 6) is 0.119. The van der Waals surface area contributed by atoms with Crippen LogP contribution in [0.3, 0.4) is 0 Å². The van der Waals surface area contributed by atoms with E-state index in [1.165, 1.54) is 24.4 Å². The largest absolute Gasteiger partial charge is 0.307 e. The quantitative estimate of drug-likeness (QED) is 0.637. The first-order valence-corrected chi connectivity index (χ1v) is 5.13. The number of aromatic nitrogens is 2. The number of carbonyl (C=O) groups is 1. The number of aryl methyl sites for hydroxylation is 1.